The molecule has 4 heteroatoms. The van der Waals surface area contributed by atoms with Gasteiger partial charge in [0.25, 0.3) is 0 Å². The second-order valence-electron chi connectivity index (χ2n) is 6.40. The summed E-state index contributed by atoms with van der Waals surface area (Å²) in [6.07, 6.45) is 0. The molecule has 2 aromatic carbocycles. The first kappa shape index (κ1) is 18.3. The lowest BCUT2D eigenvalue weighted by molar-refractivity contribution is 0.477. The number of para-hydroxylation sites is 1. The predicted molar refractivity (Wildman–Crippen MR) is 112 cm³/mol. The van der Waals surface area contributed by atoms with Crippen molar-refractivity contribution in [3.8, 4) is 28.1 Å². The van der Waals surface area contributed by atoms with E-state index in [9.17, 15) is 5.11 Å². The second-order valence-corrected chi connectivity index (χ2v) is 7.74. The number of phenols is 1. The smallest absolute Gasteiger partial charge is 0.127 e. The zero-order valence-corrected chi connectivity index (χ0v) is 16.2. The van der Waals surface area contributed by atoms with E-state index < -0.39 is 0 Å². The molecule has 0 saturated carbocycles. The normalized spacial score (nSPS) is 10.9. The lowest BCUT2D eigenvalue weighted by atomic mass is 10.0. The molecule has 0 unspecified atom stereocenters. The molecule has 0 aliphatic carbocycles. The third kappa shape index (κ3) is 4.38. The van der Waals surface area contributed by atoms with Crippen molar-refractivity contribution in [3.05, 3.63) is 60.7 Å². The Morgan fingerprint density at radius 3 is 2.38 bits per heavy atom. The lowest BCUT2D eigenvalue weighted by Crippen LogP contribution is -2.11. The first-order valence-electron chi connectivity index (χ1n) is 8.87. The molecule has 0 atom stereocenters. The van der Waals surface area contributed by atoms with E-state index in [0.717, 1.165) is 34.0 Å². The van der Waals surface area contributed by atoms with E-state index >= 15 is 0 Å². The number of aromatic nitrogens is 1. The highest BCUT2D eigenvalue weighted by molar-refractivity contribution is 7.99. The van der Waals surface area contributed by atoms with Crippen molar-refractivity contribution in [2.75, 3.05) is 11.1 Å². The molecule has 0 bridgehead atoms. The summed E-state index contributed by atoms with van der Waals surface area (Å²) in [5, 5.41) is 13.6. The number of nitrogens with one attached hydrogen (secondary N) is 1. The third-order valence-electron chi connectivity index (χ3n) is 3.94. The van der Waals surface area contributed by atoms with Crippen LogP contribution >= 0.6 is 11.8 Å². The van der Waals surface area contributed by atoms with Crippen LogP contribution in [0, 0.1) is 0 Å². The monoisotopic (exact) mass is 364 g/mol. The summed E-state index contributed by atoms with van der Waals surface area (Å²) < 4.78 is 0. The van der Waals surface area contributed by atoms with Crippen LogP contribution in [0.15, 0.2) is 65.6 Å². The van der Waals surface area contributed by atoms with Gasteiger partial charge in [0.15, 0.2) is 0 Å². The van der Waals surface area contributed by atoms with Crippen LogP contribution in [0.5, 0.6) is 5.75 Å². The Bertz CT molecular complexity index is 876. The summed E-state index contributed by atoms with van der Waals surface area (Å²) in [6.45, 7) is 6.33. The van der Waals surface area contributed by atoms with Gasteiger partial charge < -0.3 is 10.4 Å². The van der Waals surface area contributed by atoms with E-state index in [1.807, 2.05) is 36.0 Å². The maximum absolute atomic E-state index is 10.2. The molecule has 26 heavy (non-hydrogen) atoms. The number of pyridine rings is 1. The Kier molecular flexibility index (Phi) is 5.84. The summed E-state index contributed by atoms with van der Waals surface area (Å²) >= 11 is 1.83. The van der Waals surface area contributed by atoms with Gasteiger partial charge in [0, 0.05) is 16.5 Å². The number of hydrogen-bond acceptors (Lipinski definition) is 4. The Labute approximate surface area is 159 Å². The van der Waals surface area contributed by atoms with Gasteiger partial charge >= 0.3 is 0 Å². The summed E-state index contributed by atoms with van der Waals surface area (Å²) in [7, 11) is 0. The first-order valence-corrected chi connectivity index (χ1v) is 9.85. The van der Waals surface area contributed by atoms with Gasteiger partial charge in [-0.1, -0.05) is 31.2 Å². The van der Waals surface area contributed by atoms with Crippen molar-refractivity contribution in [1.82, 2.24) is 4.98 Å². The number of rotatable bonds is 6. The fraction of sp³-hybridized carbons (Fsp3) is 0.227. The highest BCUT2D eigenvalue weighted by Crippen LogP contribution is 2.33. The quantitative estimate of drug-likeness (QED) is 0.522. The maximum Gasteiger partial charge on any atom is 0.127 e. The van der Waals surface area contributed by atoms with Crippen molar-refractivity contribution in [1.29, 1.82) is 0 Å². The number of benzene rings is 2. The molecule has 0 spiro atoms. The van der Waals surface area contributed by atoms with Crippen molar-refractivity contribution in [3.63, 3.8) is 0 Å². The lowest BCUT2D eigenvalue weighted by Gasteiger charge is -2.14. The number of thioether (sulfide) groups is 1. The van der Waals surface area contributed by atoms with Crippen LogP contribution in [0.25, 0.3) is 22.4 Å². The molecule has 0 aliphatic rings. The zero-order valence-electron chi connectivity index (χ0n) is 15.4. The van der Waals surface area contributed by atoms with Gasteiger partial charge in [-0.2, -0.15) is 0 Å². The molecule has 3 nitrogen and oxygen atoms in total. The minimum Gasteiger partial charge on any atom is -0.507 e. The molecule has 0 saturated heterocycles. The van der Waals surface area contributed by atoms with E-state index in [1.165, 1.54) is 4.90 Å². The molecule has 0 aliphatic heterocycles. The van der Waals surface area contributed by atoms with Crippen LogP contribution in [-0.2, 0) is 0 Å². The number of nitrogens with zero attached hydrogens (tertiary/aromatic N) is 1. The van der Waals surface area contributed by atoms with E-state index in [1.54, 1.807) is 6.07 Å². The van der Waals surface area contributed by atoms with Crippen LogP contribution in [0.3, 0.4) is 0 Å². The molecular weight excluding hydrogens is 340 g/mol. The maximum atomic E-state index is 10.2. The number of aromatic hydroxyl groups is 1. The van der Waals surface area contributed by atoms with Crippen LogP contribution in [0.2, 0.25) is 0 Å². The molecule has 3 aromatic rings. The van der Waals surface area contributed by atoms with E-state index in [-0.39, 0.29) is 11.8 Å². The van der Waals surface area contributed by atoms with Crippen molar-refractivity contribution >= 4 is 17.6 Å². The van der Waals surface area contributed by atoms with E-state index in [0.29, 0.717) is 0 Å². The fourth-order valence-electron chi connectivity index (χ4n) is 2.81. The second kappa shape index (κ2) is 8.28. The van der Waals surface area contributed by atoms with Crippen LogP contribution in [0.1, 0.15) is 20.8 Å². The van der Waals surface area contributed by atoms with Gasteiger partial charge in [-0.3, -0.25) is 0 Å². The standard InChI is InChI=1S/C22H24N2OS/c1-4-26-18-11-9-16(10-12-18)17-13-20(19-7-5-6-8-21(19)25)24-22(14-17)23-15(2)3/h5-15,25H,4H2,1-3H3,(H,23,24). The first-order chi connectivity index (χ1) is 12.6. The number of hydrogen-bond donors (Lipinski definition) is 2. The van der Waals surface area contributed by atoms with Gasteiger partial charge in [0.1, 0.15) is 11.6 Å². The summed E-state index contributed by atoms with van der Waals surface area (Å²) in [6, 6.07) is 20.3. The number of anilines is 1. The SMILES string of the molecule is CCSc1ccc(-c2cc(NC(C)C)nc(-c3ccccc3O)c2)cc1. The fourth-order valence-corrected chi connectivity index (χ4v) is 3.47. The van der Waals surface area contributed by atoms with Gasteiger partial charge in [0.05, 0.1) is 5.69 Å². The minimum absolute atomic E-state index is 0.238. The van der Waals surface area contributed by atoms with Gasteiger partial charge in [-0.15, -0.1) is 11.8 Å². The third-order valence-corrected chi connectivity index (χ3v) is 4.83. The van der Waals surface area contributed by atoms with Gasteiger partial charge in [-0.05, 0) is 67.1 Å². The van der Waals surface area contributed by atoms with Crippen molar-refractivity contribution in [2.24, 2.45) is 0 Å². The van der Waals surface area contributed by atoms with E-state index in [4.69, 9.17) is 4.98 Å². The molecule has 1 heterocycles. The Hall–Kier alpha value is -2.46. The zero-order chi connectivity index (χ0) is 18.5. The molecular formula is C22H24N2OS. The number of phenolic OH excluding ortho intramolecular Hbond substituents is 1. The predicted octanol–water partition coefficient (Wildman–Crippen LogP) is 6.05. The van der Waals surface area contributed by atoms with Gasteiger partial charge in [-0.25, -0.2) is 4.98 Å². The molecule has 3 rings (SSSR count). The molecule has 0 fully saturated rings. The van der Waals surface area contributed by atoms with Crippen molar-refractivity contribution < 1.29 is 5.11 Å². The Balaban J connectivity index is 2.06. The van der Waals surface area contributed by atoms with Crippen LogP contribution in [-0.4, -0.2) is 21.9 Å². The summed E-state index contributed by atoms with van der Waals surface area (Å²) in [5.74, 6) is 2.11. The minimum atomic E-state index is 0.238. The van der Waals surface area contributed by atoms with E-state index in [2.05, 4.69) is 56.4 Å². The van der Waals surface area contributed by atoms with Gasteiger partial charge in [0.2, 0.25) is 0 Å². The Morgan fingerprint density at radius 1 is 1.00 bits per heavy atom. The Morgan fingerprint density at radius 2 is 1.73 bits per heavy atom. The summed E-state index contributed by atoms with van der Waals surface area (Å²) in [5.41, 5.74) is 3.71. The average molecular weight is 365 g/mol. The highest BCUT2D eigenvalue weighted by Gasteiger charge is 2.10. The summed E-state index contributed by atoms with van der Waals surface area (Å²) in [4.78, 5) is 5.97. The molecule has 1 aromatic heterocycles. The van der Waals surface area contributed by atoms with Crippen LogP contribution in [0.4, 0.5) is 5.82 Å². The van der Waals surface area contributed by atoms with Crippen molar-refractivity contribution in [2.45, 2.75) is 31.7 Å². The molecule has 134 valence electrons. The topological polar surface area (TPSA) is 45.2 Å². The average Bonchev–Trinajstić information content (AvgIpc) is 2.62. The molecule has 0 amide bonds. The molecule has 2 N–H and O–H groups in total. The largest absolute Gasteiger partial charge is 0.507 e. The molecule has 0 radical (unpaired) electrons. The highest BCUT2D eigenvalue weighted by atomic mass is 32.2. The van der Waals surface area contributed by atoms with Crippen LogP contribution < -0.4 is 5.32 Å².